The average Bonchev–Trinajstić information content (AvgIpc) is 1.10. The normalized spacial score (nSPS) is 14.1. The van der Waals surface area contributed by atoms with Crippen LogP contribution in [0.5, 0.6) is 0 Å². The first-order valence-electron chi connectivity index (χ1n) is 40.7. The van der Waals surface area contributed by atoms with Crippen molar-refractivity contribution in [2.45, 2.75) is 420 Å². The van der Waals surface area contributed by atoms with Crippen LogP contribution in [0.3, 0.4) is 0 Å². The zero-order valence-corrected chi connectivity index (χ0v) is 66.2. The summed E-state index contributed by atoms with van der Waals surface area (Å²) in [4.78, 5) is 72.9. The van der Waals surface area contributed by atoms with Gasteiger partial charge >= 0.3 is 39.5 Å². The molecule has 0 saturated carbocycles. The second-order valence-electron chi connectivity index (χ2n) is 30.4. The molecular weight excluding hydrogens is 1280 g/mol. The van der Waals surface area contributed by atoms with Crippen molar-refractivity contribution in [1.82, 2.24) is 0 Å². The lowest BCUT2D eigenvalue weighted by atomic mass is 10.0. The summed E-state index contributed by atoms with van der Waals surface area (Å²) in [6.07, 6.45) is 54.3. The quantitative estimate of drug-likeness (QED) is 0.0222. The summed E-state index contributed by atoms with van der Waals surface area (Å²) >= 11 is 0. The molecule has 98 heavy (non-hydrogen) atoms. The number of phosphoric ester groups is 2. The van der Waals surface area contributed by atoms with Crippen LogP contribution in [0.2, 0.25) is 0 Å². The van der Waals surface area contributed by atoms with Crippen LogP contribution >= 0.6 is 15.6 Å². The molecule has 0 saturated heterocycles. The Morgan fingerprint density at radius 1 is 0.255 bits per heavy atom. The number of hydrogen-bond donors (Lipinski definition) is 3. The molecule has 17 nitrogen and oxygen atoms in total. The van der Waals surface area contributed by atoms with E-state index in [1.165, 1.54) is 199 Å². The van der Waals surface area contributed by atoms with E-state index in [-0.39, 0.29) is 25.7 Å². The van der Waals surface area contributed by atoms with E-state index in [0.717, 1.165) is 114 Å². The molecule has 3 unspecified atom stereocenters. The van der Waals surface area contributed by atoms with Crippen molar-refractivity contribution in [3.05, 3.63) is 0 Å². The number of carbonyl (C=O) groups is 4. The highest BCUT2D eigenvalue weighted by Gasteiger charge is 2.30. The zero-order valence-electron chi connectivity index (χ0n) is 64.4. The van der Waals surface area contributed by atoms with E-state index in [2.05, 4.69) is 55.4 Å². The molecule has 0 aromatic rings. The van der Waals surface area contributed by atoms with E-state index < -0.39 is 97.5 Å². The number of esters is 4. The van der Waals surface area contributed by atoms with Crippen molar-refractivity contribution in [2.24, 2.45) is 23.7 Å². The Labute approximate surface area is 600 Å². The Kier molecular flexibility index (Phi) is 66.8. The highest BCUT2D eigenvalue weighted by molar-refractivity contribution is 7.47. The van der Waals surface area contributed by atoms with Gasteiger partial charge in [0, 0.05) is 25.7 Å². The maximum absolute atomic E-state index is 13.1. The van der Waals surface area contributed by atoms with Gasteiger partial charge in [-0.15, -0.1) is 0 Å². The van der Waals surface area contributed by atoms with Gasteiger partial charge in [0.15, 0.2) is 12.2 Å². The predicted molar refractivity (Wildman–Crippen MR) is 400 cm³/mol. The number of aliphatic hydroxyl groups excluding tert-OH is 1. The van der Waals surface area contributed by atoms with Gasteiger partial charge in [-0.3, -0.25) is 37.3 Å². The molecule has 0 aliphatic carbocycles. The SMILES string of the molecule is CC(C)CCCCCCCCCCCCCCCCCCCCC(=O)O[C@H](COC(=O)CCCCCCCCCC(C)C)COP(=O)(O)OCC(O)COP(=O)(O)OC[C@@H](COC(=O)CCCCCCCCCCCCC(C)C)OC(=O)CCCCCCCCCCCCCC(C)C. The predicted octanol–water partition coefficient (Wildman–Crippen LogP) is 23.2. The molecule has 0 amide bonds. The number of aliphatic hydroxyl groups is 1. The third-order valence-electron chi connectivity index (χ3n) is 18.3. The molecule has 0 rings (SSSR count). The molecule has 3 N–H and O–H groups in total. The smallest absolute Gasteiger partial charge is 0.462 e. The van der Waals surface area contributed by atoms with Crippen LogP contribution in [0.1, 0.15) is 402 Å². The van der Waals surface area contributed by atoms with Crippen LogP contribution in [0.15, 0.2) is 0 Å². The van der Waals surface area contributed by atoms with Crippen molar-refractivity contribution in [1.29, 1.82) is 0 Å². The van der Waals surface area contributed by atoms with Gasteiger partial charge in [0.25, 0.3) is 0 Å². The molecule has 0 aromatic carbocycles. The fraction of sp³-hybridized carbons (Fsp3) is 0.949. The Morgan fingerprint density at radius 3 is 0.633 bits per heavy atom. The van der Waals surface area contributed by atoms with Gasteiger partial charge in [0.05, 0.1) is 26.4 Å². The number of unbranched alkanes of at least 4 members (excludes halogenated alkanes) is 42. The van der Waals surface area contributed by atoms with Crippen LogP contribution in [0.4, 0.5) is 0 Å². The molecule has 0 radical (unpaired) electrons. The molecule has 0 fully saturated rings. The lowest BCUT2D eigenvalue weighted by Crippen LogP contribution is -2.30. The molecule has 0 bridgehead atoms. The Morgan fingerprint density at radius 2 is 0.429 bits per heavy atom. The molecule has 0 heterocycles. The fourth-order valence-corrected chi connectivity index (χ4v) is 13.7. The minimum atomic E-state index is -4.96. The minimum absolute atomic E-state index is 0.106. The van der Waals surface area contributed by atoms with Crippen molar-refractivity contribution in [3.8, 4) is 0 Å². The first-order chi connectivity index (χ1) is 47.1. The van der Waals surface area contributed by atoms with Gasteiger partial charge in [-0.25, -0.2) is 9.13 Å². The van der Waals surface area contributed by atoms with Crippen LogP contribution in [0, 0.1) is 23.7 Å². The van der Waals surface area contributed by atoms with Crippen LogP contribution in [0.25, 0.3) is 0 Å². The summed E-state index contributed by atoms with van der Waals surface area (Å²) in [6, 6.07) is 0. The monoisotopic (exact) mass is 1440 g/mol. The zero-order chi connectivity index (χ0) is 72.4. The summed E-state index contributed by atoms with van der Waals surface area (Å²) in [5.41, 5.74) is 0. The Hall–Kier alpha value is -1.94. The minimum Gasteiger partial charge on any atom is -0.462 e. The van der Waals surface area contributed by atoms with Crippen LogP contribution < -0.4 is 0 Å². The van der Waals surface area contributed by atoms with Gasteiger partial charge in [-0.2, -0.15) is 0 Å². The van der Waals surface area contributed by atoms with Crippen LogP contribution in [-0.2, 0) is 65.4 Å². The molecule has 582 valence electrons. The van der Waals surface area contributed by atoms with Crippen LogP contribution in [-0.4, -0.2) is 96.7 Å². The lowest BCUT2D eigenvalue weighted by molar-refractivity contribution is -0.161. The third-order valence-corrected chi connectivity index (χ3v) is 20.2. The summed E-state index contributed by atoms with van der Waals surface area (Å²) in [5, 5.41) is 10.6. The highest BCUT2D eigenvalue weighted by atomic mass is 31.2. The first-order valence-corrected chi connectivity index (χ1v) is 43.7. The number of rotatable bonds is 76. The van der Waals surface area contributed by atoms with Crippen molar-refractivity contribution < 1.29 is 80.2 Å². The molecule has 0 aliphatic rings. The van der Waals surface area contributed by atoms with Gasteiger partial charge in [-0.05, 0) is 49.4 Å². The van der Waals surface area contributed by atoms with Crippen molar-refractivity contribution in [2.75, 3.05) is 39.6 Å². The van der Waals surface area contributed by atoms with Crippen molar-refractivity contribution in [3.63, 3.8) is 0 Å². The molecule has 0 aromatic heterocycles. The topological polar surface area (TPSA) is 237 Å². The van der Waals surface area contributed by atoms with E-state index >= 15 is 0 Å². The van der Waals surface area contributed by atoms with Gasteiger partial charge in [-0.1, -0.05) is 351 Å². The molecule has 0 aliphatic heterocycles. The second kappa shape index (κ2) is 68.2. The van der Waals surface area contributed by atoms with Gasteiger partial charge < -0.3 is 33.8 Å². The number of ether oxygens (including phenoxy) is 4. The van der Waals surface area contributed by atoms with Gasteiger partial charge in [0.1, 0.15) is 19.3 Å². The van der Waals surface area contributed by atoms with E-state index in [1.807, 2.05) is 0 Å². The summed E-state index contributed by atoms with van der Waals surface area (Å²) in [7, 11) is -9.92. The lowest BCUT2D eigenvalue weighted by Gasteiger charge is -2.21. The molecule has 0 spiro atoms. The second-order valence-corrected chi connectivity index (χ2v) is 33.3. The first kappa shape index (κ1) is 96.1. The number of phosphoric acid groups is 2. The van der Waals surface area contributed by atoms with E-state index in [4.69, 9.17) is 37.0 Å². The largest absolute Gasteiger partial charge is 0.472 e. The summed E-state index contributed by atoms with van der Waals surface area (Å²) < 4.78 is 68.6. The number of hydrogen-bond acceptors (Lipinski definition) is 15. The standard InChI is InChI=1S/C79H154O17P2/c1-69(2)55-47-39-31-24-18-15-13-11-9-10-12-14-16-20-28-36-45-53-61-78(83)96-75(66-90-77(82)60-52-44-38-30-34-42-50-58-72(7)8)68-94-98(87,88)92-64-73(80)63-91-97(85,86)93-67-74(65-89-76(81)59-51-43-35-27-23-22-26-33-41-49-57-71(5)6)95-79(84)62-54-46-37-29-21-17-19-25-32-40-48-56-70(3)4/h69-75,80H,9-68H2,1-8H3,(H,85,86)(H,87,88)/t73?,74-,75-/m1/s1. The van der Waals surface area contributed by atoms with Gasteiger partial charge in [0.2, 0.25) is 0 Å². The van der Waals surface area contributed by atoms with Crippen molar-refractivity contribution >= 4 is 39.5 Å². The molecular formula is C79H154O17P2. The Bertz CT molecular complexity index is 1920. The van der Waals surface area contributed by atoms with E-state index in [9.17, 15) is 43.2 Å². The highest BCUT2D eigenvalue weighted by Crippen LogP contribution is 2.45. The summed E-state index contributed by atoms with van der Waals surface area (Å²) in [5.74, 6) is 0.931. The van der Waals surface area contributed by atoms with E-state index in [1.54, 1.807) is 0 Å². The maximum atomic E-state index is 13.1. The summed E-state index contributed by atoms with van der Waals surface area (Å²) in [6.45, 7) is 14.2. The van der Waals surface area contributed by atoms with E-state index in [0.29, 0.717) is 31.6 Å². The molecule has 5 atom stereocenters. The molecule has 19 heteroatoms. The Balaban J connectivity index is 5.20. The average molecular weight is 1440 g/mol. The third kappa shape index (κ3) is 72.4. The maximum Gasteiger partial charge on any atom is 0.472 e. The fourth-order valence-electron chi connectivity index (χ4n) is 12.1. The number of carbonyl (C=O) groups excluding carboxylic acids is 4.